The summed E-state index contributed by atoms with van der Waals surface area (Å²) < 4.78 is 1.85. The Labute approximate surface area is 149 Å². The number of thiophene rings is 1. The van der Waals surface area contributed by atoms with Crippen molar-refractivity contribution in [3.8, 4) is 16.3 Å². The molecular weight excluding hydrogens is 336 g/mol. The lowest BCUT2D eigenvalue weighted by molar-refractivity contribution is -0.384. The predicted octanol–water partition coefficient (Wildman–Crippen LogP) is 4.57. The van der Waals surface area contributed by atoms with E-state index in [1.165, 1.54) is 11.6 Å². The largest absolute Gasteiger partial charge is 0.370 e. The number of hydrogen-bond acceptors (Lipinski definition) is 5. The number of nitrogens with zero attached hydrogens (tertiary/aromatic N) is 3. The van der Waals surface area contributed by atoms with Gasteiger partial charge in [-0.15, -0.1) is 11.3 Å². The van der Waals surface area contributed by atoms with Crippen LogP contribution < -0.4 is 5.32 Å². The van der Waals surface area contributed by atoms with Crippen LogP contribution in [0.2, 0.25) is 0 Å². The molecule has 6 nitrogen and oxygen atoms in total. The minimum Gasteiger partial charge on any atom is -0.370 e. The van der Waals surface area contributed by atoms with Gasteiger partial charge in [0, 0.05) is 24.2 Å². The number of anilines is 1. The summed E-state index contributed by atoms with van der Waals surface area (Å²) in [6, 6.07) is 9.02. The fourth-order valence-electron chi connectivity index (χ4n) is 3.23. The first-order valence-electron chi connectivity index (χ1n) is 8.30. The minimum absolute atomic E-state index is 0.0798. The van der Waals surface area contributed by atoms with Crippen molar-refractivity contribution in [1.29, 1.82) is 0 Å². The van der Waals surface area contributed by atoms with Crippen LogP contribution in [-0.4, -0.2) is 21.2 Å². The van der Waals surface area contributed by atoms with E-state index in [1.807, 2.05) is 23.1 Å². The van der Waals surface area contributed by atoms with Crippen LogP contribution >= 0.6 is 11.3 Å². The second-order valence-electron chi connectivity index (χ2n) is 6.18. The van der Waals surface area contributed by atoms with Gasteiger partial charge in [-0.3, -0.25) is 10.1 Å². The van der Waals surface area contributed by atoms with E-state index in [-0.39, 0.29) is 10.6 Å². The Morgan fingerprint density at radius 1 is 1.32 bits per heavy atom. The van der Waals surface area contributed by atoms with Crippen LogP contribution in [0.5, 0.6) is 0 Å². The SMILES string of the molecule is Cc1ccc([N+](=O)[O-])cc1-n1nc(-c2cccs2)c2c1NCCCC2. The molecule has 3 aromatic rings. The van der Waals surface area contributed by atoms with Crippen molar-refractivity contribution in [1.82, 2.24) is 9.78 Å². The van der Waals surface area contributed by atoms with Crippen LogP contribution in [0.3, 0.4) is 0 Å². The first kappa shape index (κ1) is 15.8. The van der Waals surface area contributed by atoms with Crippen molar-refractivity contribution in [2.24, 2.45) is 0 Å². The van der Waals surface area contributed by atoms with Crippen LogP contribution in [0.25, 0.3) is 16.3 Å². The topological polar surface area (TPSA) is 73.0 Å². The van der Waals surface area contributed by atoms with E-state index in [0.717, 1.165) is 53.4 Å². The molecule has 0 amide bonds. The fourth-order valence-corrected chi connectivity index (χ4v) is 3.96. The van der Waals surface area contributed by atoms with Gasteiger partial charge in [0.15, 0.2) is 0 Å². The third-order valence-electron chi connectivity index (χ3n) is 4.52. The smallest absolute Gasteiger partial charge is 0.271 e. The fraction of sp³-hybridized carbons (Fsp3) is 0.278. The highest BCUT2D eigenvalue weighted by molar-refractivity contribution is 7.13. The standard InChI is InChI=1S/C18H18N4O2S/c1-12-7-8-13(22(23)24)11-15(12)21-18-14(5-2-3-9-19-18)17(20-21)16-6-4-10-25-16/h4,6-8,10-11,19H,2-3,5,9H2,1H3. The van der Waals surface area contributed by atoms with E-state index >= 15 is 0 Å². The molecule has 0 radical (unpaired) electrons. The van der Waals surface area contributed by atoms with Crippen LogP contribution in [0.4, 0.5) is 11.5 Å². The minimum atomic E-state index is -0.362. The van der Waals surface area contributed by atoms with Gasteiger partial charge in [0.2, 0.25) is 0 Å². The second kappa shape index (κ2) is 6.33. The highest BCUT2D eigenvalue weighted by Gasteiger charge is 2.23. The molecule has 4 rings (SSSR count). The van der Waals surface area contributed by atoms with Gasteiger partial charge in [-0.1, -0.05) is 12.1 Å². The molecule has 25 heavy (non-hydrogen) atoms. The van der Waals surface area contributed by atoms with E-state index in [0.29, 0.717) is 0 Å². The maximum absolute atomic E-state index is 11.2. The molecule has 0 fully saturated rings. The number of benzene rings is 1. The van der Waals surface area contributed by atoms with E-state index in [9.17, 15) is 10.1 Å². The van der Waals surface area contributed by atoms with Gasteiger partial charge < -0.3 is 5.32 Å². The van der Waals surface area contributed by atoms with Gasteiger partial charge in [-0.05, 0) is 43.2 Å². The summed E-state index contributed by atoms with van der Waals surface area (Å²) in [5.74, 6) is 0.962. The number of nitrogens with one attached hydrogen (secondary N) is 1. The molecular formula is C18H18N4O2S. The van der Waals surface area contributed by atoms with Gasteiger partial charge in [-0.25, -0.2) is 4.68 Å². The molecule has 0 unspecified atom stereocenters. The van der Waals surface area contributed by atoms with Crippen molar-refractivity contribution >= 4 is 22.8 Å². The van der Waals surface area contributed by atoms with E-state index in [2.05, 4.69) is 11.4 Å². The lowest BCUT2D eigenvalue weighted by Gasteiger charge is -2.11. The zero-order chi connectivity index (χ0) is 17.4. The maximum Gasteiger partial charge on any atom is 0.271 e. The van der Waals surface area contributed by atoms with Crippen LogP contribution in [0, 0.1) is 17.0 Å². The number of rotatable bonds is 3. The average molecular weight is 354 g/mol. The van der Waals surface area contributed by atoms with Crippen molar-refractivity contribution in [2.45, 2.75) is 26.2 Å². The molecule has 0 atom stereocenters. The summed E-state index contributed by atoms with van der Waals surface area (Å²) in [5.41, 5.74) is 3.97. The molecule has 1 N–H and O–H groups in total. The molecule has 1 aliphatic heterocycles. The molecule has 0 spiro atoms. The van der Waals surface area contributed by atoms with Gasteiger partial charge in [0.25, 0.3) is 5.69 Å². The number of aromatic nitrogens is 2. The highest BCUT2D eigenvalue weighted by Crippen LogP contribution is 2.36. The summed E-state index contributed by atoms with van der Waals surface area (Å²) in [6.07, 6.45) is 3.17. The van der Waals surface area contributed by atoms with Gasteiger partial charge in [0.05, 0.1) is 15.5 Å². The van der Waals surface area contributed by atoms with E-state index in [4.69, 9.17) is 5.10 Å². The summed E-state index contributed by atoms with van der Waals surface area (Å²) in [5, 5.41) is 21.6. The Balaban J connectivity index is 1.94. The summed E-state index contributed by atoms with van der Waals surface area (Å²) >= 11 is 1.66. The molecule has 1 aliphatic rings. The number of aryl methyl sites for hydroxylation is 1. The zero-order valence-corrected chi connectivity index (χ0v) is 14.7. The normalized spacial score (nSPS) is 13.8. The van der Waals surface area contributed by atoms with Gasteiger partial charge in [0.1, 0.15) is 11.5 Å². The third-order valence-corrected chi connectivity index (χ3v) is 5.39. The molecule has 0 saturated heterocycles. The second-order valence-corrected chi connectivity index (χ2v) is 7.12. The van der Waals surface area contributed by atoms with Crippen LogP contribution in [-0.2, 0) is 6.42 Å². The Morgan fingerprint density at radius 2 is 2.20 bits per heavy atom. The summed E-state index contributed by atoms with van der Waals surface area (Å²) in [4.78, 5) is 12.0. The Bertz CT molecular complexity index is 931. The van der Waals surface area contributed by atoms with Crippen molar-refractivity contribution in [2.75, 3.05) is 11.9 Å². The molecule has 2 aromatic heterocycles. The molecule has 0 aliphatic carbocycles. The third kappa shape index (κ3) is 2.80. The number of hydrogen-bond donors (Lipinski definition) is 1. The number of nitro groups is 1. The first-order chi connectivity index (χ1) is 12.1. The number of non-ortho nitro benzene ring substituents is 1. The van der Waals surface area contributed by atoms with Crippen molar-refractivity contribution in [3.05, 3.63) is 57.0 Å². The quantitative estimate of drug-likeness (QED) is 0.552. The van der Waals surface area contributed by atoms with Crippen LogP contribution in [0.1, 0.15) is 24.0 Å². The molecule has 128 valence electrons. The summed E-state index contributed by atoms with van der Waals surface area (Å²) in [6.45, 7) is 2.84. The van der Waals surface area contributed by atoms with Crippen LogP contribution in [0.15, 0.2) is 35.7 Å². The summed E-state index contributed by atoms with van der Waals surface area (Å²) in [7, 11) is 0. The average Bonchev–Trinajstić information content (AvgIpc) is 3.17. The Hall–Kier alpha value is -2.67. The molecule has 1 aromatic carbocycles. The zero-order valence-electron chi connectivity index (χ0n) is 13.9. The number of nitro benzene ring substituents is 1. The lowest BCUT2D eigenvalue weighted by Crippen LogP contribution is -2.08. The van der Waals surface area contributed by atoms with Crippen molar-refractivity contribution in [3.63, 3.8) is 0 Å². The molecule has 3 heterocycles. The number of fused-ring (bicyclic) bond motifs is 1. The Morgan fingerprint density at radius 3 is 2.96 bits per heavy atom. The molecule has 0 bridgehead atoms. The van der Waals surface area contributed by atoms with E-state index < -0.39 is 0 Å². The van der Waals surface area contributed by atoms with E-state index in [1.54, 1.807) is 23.5 Å². The maximum atomic E-state index is 11.2. The first-order valence-corrected chi connectivity index (χ1v) is 9.18. The monoisotopic (exact) mass is 354 g/mol. The lowest BCUT2D eigenvalue weighted by atomic mass is 10.1. The van der Waals surface area contributed by atoms with Crippen molar-refractivity contribution < 1.29 is 4.92 Å². The molecule has 7 heteroatoms. The molecule has 0 saturated carbocycles. The van der Waals surface area contributed by atoms with Gasteiger partial charge in [-0.2, -0.15) is 5.10 Å². The van der Waals surface area contributed by atoms with Gasteiger partial charge >= 0.3 is 0 Å². The highest BCUT2D eigenvalue weighted by atomic mass is 32.1. The predicted molar refractivity (Wildman–Crippen MR) is 99.7 cm³/mol. The Kier molecular flexibility index (Phi) is 4.01.